The molecule has 1 atom stereocenters. The minimum absolute atomic E-state index is 0.0166. The molecule has 1 unspecified atom stereocenters. The zero-order chi connectivity index (χ0) is 19.3. The minimum atomic E-state index is -0.255. The summed E-state index contributed by atoms with van der Waals surface area (Å²) < 4.78 is 6.16. The van der Waals surface area contributed by atoms with Gasteiger partial charge in [-0.25, -0.2) is 0 Å². The molecule has 0 amide bonds. The third kappa shape index (κ3) is 10.9. The second kappa shape index (κ2) is 13.1. The highest BCUT2D eigenvalue weighted by atomic mass is 35.5. The Morgan fingerprint density at radius 2 is 1.38 bits per heavy atom. The fourth-order valence-electron chi connectivity index (χ4n) is 3.99. The van der Waals surface area contributed by atoms with Crippen LogP contribution in [0.4, 0.5) is 0 Å². The SMILES string of the molecule is CCCCCCCCCCCCCC1(CCCC(=O)Cl)NC(C)(C)CO1. The van der Waals surface area contributed by atoms with E-state index in [1.807, 2.05) is 0 Å². The van der Waals surface area contributed by atoms with E-state index in [0.29, 0.717) is 6.42 Å². The Hall–Kier alpha value is -0.120. The first-order valence-electron chi connectivity index (χ1n) is 11.0. The van der Waals surface area contributed by atoms with E-state index in [1.165, 1.54) is 70.6 Å². The quantitative estimate of drug-likeness (QED) is 0.236. The van der Waals surface area contributed by atoms with Crippen LogP contribution < -0.4 is 5.32 Å². The van der Waals surface area contributed by atoms with Crippen molar-refractivity contribution >= 4 is 16.8 Å². The van der Waals surface area contributed by atoms with Crippen molar-refractivity contribution < 1.29 is 9.53 Å². The summed E-state index contributed by atoms with van der Waals surface area (Å²) in [5, 5.41) is 3.43. The molecule has 154 valence electrons. The molecule has 0 saturated carbocycles. The zero-order valence-corrected chi connectivity index (χ0v) is 18.3. The number of carbonyl (C=O) groups excluding carboxylic acids is 1. The molecule has 1 aliphatic heterocycles. The van der Waals surface area contributed by atoms with E-state index in [1.54, 1.807) is 0 Å². The Balaban J connectivity index is 2.13. The molecule has 0 spiro atoms. The first-order chi connectivity index (χ1) is 12.4. The summed E-state index contributed by atoms with van der Waals surface area (Å²) in [6, 6.07) is 0. The van der Waals surface area contributed by atoms with Gasteiger partial charge in [0.15, 0.2) is 0 Å². The number of carbonyl (C=O) groups is 1. The highest BCUT2D eigenvalue weighted by Gasteiger charge is 2.42. The number of unbranched alkanes of at least 4 members (excludes halogenated alkanes) is 10. The number of nitrogens with one attached hydrogen (secondary N) is 1. The van der Waals surface area contributed by atoms with Gasteiger partial charge >= 0.3 is 0 Å². The van der Waals surface area contributed by atoms with Crippen LogP contribution in [0.3, 0.4) is 0 Å². The summed E-state index contributed by atoms with van der Waals surface area (Å²) in [6.07, 6.45) is 18.0. The summed E-state index contributed by atoms with van der Waals surface area (Å²) in [6.45, 7) is 7.37. The molecule has 0 aliphatic carbocycles. The van der Waals surface area contributed by atoms with Crippen molar-refractivity contribution in [2.45, 2.75) is 128 Å². The van der Waals surface area contributed by atoms with Crippen molar-refractivity contribution in [2.75, 3.05) is 6.61 Å². The Bertz CT molecular complexity index is 386. The van der Waals surface area contributed by atoms with E-state index in [0.717, 1.165) is 25.9 Å². The maximum atomic E-state index is 11.0. The first-order valence-corrected chi connectivity index (χ1v) is 11.4. The first kappa shape index (κ1) is 23.9. The van der Waals surface area contributed by atoms with Gasteiger partial charge in [-0.2, -0.15) is 0 Å². The van der Waals surface area contributed by atoms with E-state index in [9.17, 15) is 4.79 Å². The molecule has 1 N–H and O–H groups in total. The molecule has 26 heavy (non-hydrogen) atoms. The zero-order valence-electron chi connectivity index (χ0n) is 17.5. The lowest BCUT2D eigenvalue weighted by Crippen LogP contribution is -2.48. The molecule has 3 nitrogen and oxygen atoms in total. The van der Waals surface area contributed by atoms with Crippen LogP contribution >= 0.6 is 11.6 Å². The van der Waals surface area contributed by atoms with Gasteiger partial charge in [-0.3, -0.25) is 10.1 Å². The summed E-state index contributed by atoms with van der Waals surface area (Å²) in [4.78, 5) is 11.0. The third-order valence-electron chi connectivity index (χ3n) is 5.41. The molecular formula is C22H42ClNO2. The van der Waals surface area contributed by atoms with Crippen LogP contribution in [0, 0.1) is 0 Å². The standard InChI is InChI=1S/C22H42ClNO2/c1-4-5-6-7-8-9-10-11-12-13-14-17-22(18-15-16-20(23)25)24-21(2,3)19-26-22/h24H,4-19H2,1-3H3. The van der Waals surface area contributed by atoms with Crippen molar-refractivity contribution in [2.24, 2.45) is 0 Å². The van der Waals surface area contributed by atoms with Crippen LogP contribution in [0.5, 0.6) is 0 Å². The van der Waals surface area contributed by atoms with Crippen molar-refractivity contribution in [1.29, 1.82) is 0 Å². The van der Waals surface area contributed by atoms with Crippen LogP contribution in [0.2, 0.25) is 0 Å². The van der Waals surface area contributed by atoms with Crippen molar-refractivity contribution in [3.8, 4) is 0 Å². The van der Waals surface area contributed by atoms with Gasteiger partial charge in [0.2, 0.25) is 5.24 Å². The molecule has 0 aromatic heterocycles. The average molecular weight is 388 g/mol. The average Bonchev–Trinajstić information content (AvgIpc) is 2.87. The smallest absolute Gasteiger partial charge is 0.221 e. The second-order valence-corrected chi connectivity index (χ2v) is 9.21. The van der Waals surface area contributed by atoms with E-state index < -0.39 is 0 Å². The van der Waals surface area contributed by atoms with Gasteiger partial charge in [0, 0.05) is 12.0 Å². The van der Waals surface area contributed by atoms with E-state index in [4.69, 9.17) is 16.3 Å². The normalized spacial score (nSPS) is 22.0. The fraction of sp³-hybridized carbons (Fsp3) is 0.955. The highest BCUT2D eigenvalue weighted by molar-refractivity contribution is 6.63. The van der Waals surface area contributed by atoms with Crippen LogP contribution in [0.1, 0.15) is 117 Å². The van der Waals surface area contributed by atoms with Crippen LogP contribution in [0.15, 0.2) is 0 Å². The lowest BCUT2D eigenvalue weighted by atomic mass is 9.96. The molecule has 1 fully saturated rings. The van der Waals surface area contributed by atoms with Crippen molar-refractivity contribution in [3.05, 3.63) is 0 Å². The molecular weight excluding hydrogens is 346 g/mol. The Morgan fingerprint density at radius 1 is 0.885 bits per heavy atom. The Labute approximate surface area is 167 Å². The van der Waals surface area contributed by atoms with Gasteiger partial charge in [-0.05, 0) is 51.1 Å². The number of halogens is 1. The summed E-state index contributed by atoms with van der Waals surface area (Å²) in [7, 11) is 0. The second-order valence-electron chi connectivity index (χ2n) is 8.79. The lowest BCUT2D eigenvalue weighted by Gasteiger charge is -2.31. The highest BCUT2D eigenvalue weighted by Crippen LogP contribution is 2.32. The van der Waals surface area contributed by atoms with Gasteiger partial charge in [-0.1, -0.05) is 71.1 Å². The Morgan fingerprint density at radius 3 is 1.85 bits per heavy atom. The summed E-state index contributed by atoms with van der Waals surface area (Å²) in [5.41, 5.74) is -0.238. The van der Waals surface area contributed by atoms with Crippen LogP contribution in [-0.2, 0) is 9.53 Å². The molecule has 0 aromatic rings. The predicted molar refractivity (Wildman–Crippen MR) is 112 cm³/mol. The summed E-state index contributed by atoms with van der Waals surface area (Å²) in [5.74, 6) is 0. The molecule has 0 aromatic carbocycles. The van der Waals surface area contributed by atoms with Crippen molar-refractivity contribution in [1.82, 2.24) is 5.32 Å². The van der Waals surface area contributed by atoms with Crippen LogP contribution in [-0.4, -0.2) is 23.1 Å². The molecule has 1 heterocycles. The molecule has 0 radical (unpaired) electrons. The van der Waals surface area contributed by atoms with Gasteiger partial charge in [0.05, 0.1) is 6.61 Å². The molecule has 4 heteroatoms. The van der Waals surface area contributed by atoms with Crippen molar-refractivity contribution in [3.63, 3.8) is 0 Å². The molecule has 1 rings (SSSR count). The van der Waals surface area contributed by atoms with E-state index in [-0.39, 0.29) is 16.5 Å². The molecule has 1 aliphatic rings. The molecule has 0 bridgehead atoms. The monoisotopic (exact) mass is 387 g/mol. The van der Waals surface area contributed by atoms with Gasteiger partial charge in [-0.15, -0.1) is 0 Å². The minimum Gasteiger partial charge on any atom is -0.359 e. The van der Waals surface area contributed by atoms with E-state index >= 15 is 0 Å². The topological polar surface area (TPSA) is 38.3 Å². The number of hydrogen-bond donors (Lipinski definition) is 1. The summed E-state index contributed by atoms with van der Waals surface area (Å²) >= 11 is 5.49. The Kier molecular flexibility index (Phi) is 12.1. The maximum absolute atomic E-state index is 11.0. The van der Waals surface area contributed by atoms with Crippen LogP contribution in [0.25, 0.3) is 0 Å². The fourth-order valence-corrected chi connectivity index (χ4v) is 4.12. The number of rotatable bonds is 16. The van der Waals surface area contributed by atoms with Gasteiger partial charge in [0.25, 0.3) is 0 Å². The van der Waals surface area contributed by atoms with Gasteiger partial charge in [0.1, 0.15) is 5.72 Å². The largest absolute Gasteiger partial charge is 0.359 e. The number of ether oxygens (including phenoxy) is 1. The maximum Gasteiger partial charge on any atom is 0.221 e. The number of hydrogen-bond acceptors (Lipinski definition) is 3. The third-order valence-corrected chi connectivity index (χ3v) is 5.60. The lowest BCUT2D eigenvalue weighted by molar-refractivity contribution is -0.112. The molecule has 1 saturated heterocycles. The van der Waals surface area contributed by atoms with E-state index in [2.05, 4.69) is 26.1 Å². The predicted octanol–water partition coefficient (Wildman–Crippen LogP) is 6.72. The van der Waals surface area contributed by atoms with Gasteiger partial charge < -0.3 is 4.74 Å².